The number of hydrogen-bond acceptors (Lipinski definition) is 5. The zero-order valence-electron chi connectivity index (χ0n) is 18.7. The van der Waals surface area contributed by atoms with Crippen LogP contribution >= 0.6 is 11.6 Å². The highest BCUT2D eigenvalue weighted by atomic mass is 35.5. The molecule has 1 saturated carbocycles. The van der Waals surface area contributed by atoms with Crippen LogP contribution < -0.4 is 16.0 Å². The van der Waals surface area contributed by atoms with Crippen LogP contribution in [0.25, 0.3) is 0 Å². The van der Waals surface area contributed by atoms with Crippen LogP contribution in [0.1, 0.15) is 53.6 Å². The van der Waals surface area contributed by atoms with Gasteiger partial charge in [0.1, 0.15) is 11.5 Å². The second kappa shape index (κ2) is 11.4. The molecule has 0 bridgehead atoms. The van der Waals surface area contributed by atoms with Crippen molar-refractivity contribution in [3.8, 4) is 0 Å². The first-order valence-corrected chi connectivity index (χ1v) is 11.2. The highest BCUT2D eigenvalue weighted by Crippen LogP contribution is 2.30. The van der Waals surface area contributed by atoms with Gasteiger partial charge in [-0.15, -0.1) is 0 Å². The fourth-order valence-corrected chi connectivity index (χ4v) is 4.11. The summed E-state index contributed by atoms with van der Waals surface area (Å²) < 4.78 is 32.1. The van der Waals surface area contributed by atoms with Crippen LogP contribution in [0, 0.1) is 17.6 Å². The van der Waals surface area contributed by atoms with E-state index < -0.39 is 35.3 Å². The number of halogens is 3. The second-order valence-electron chi connectivity index (χ2n) is 8.21. The number of carbonyl (C=O) groups excluding carboxylic acids is 3. The van der Waals surface area contributed by atoms with E-state index in [-0.39, 0.29) is 34.2 Å². The minimum Gasteiger partial charge on any atom is -0.383 e. The largest absolute Gasteiger partial charge is 0.383 e. The van der Waals surface area contributed by atoms with Crippen molar-refractivity contribution in [2.45, 2.75) is 44.7 Å². The summed E-state index contributed by atoms with van der Waals surface area (Å²) >= 11 is 5.84. The van der Waals surface area contributed by atoms with Crippen molar-refractivity contribution in [3.63, 3.8) is 0 Å². The molecule has 3 rings (SSSR count). The Morgan fingerprint density at radius 1 is 1.21 bits per heavy atom. The van der Waals surface area contributed by atoms with Gasteiger partial charge in [-0.05, 0) is 38.7 Å². The Morgan fingerprint density at radius 3 is 2.56 bits per heavy atom. The smallest absolute Gasteiger partial charge is 0.272 e. The number of amides is 3. The fraction of sp³-hybridized carbons (Fsp3) is 0.455. The van der Waals surface area contributed by atoms with E-state index in [1.54, 1.807) is 6.92 Å². The third-order valence-electron chi connectivity index (χ3n) is 5.56. The highest BCUT2D eigenvalue weighted by Gasteiger charge is 2.30. The number of aromatic amines is 1. The molecular weight excluding hydrogens is 472 g/mol. The van der Waals surface area contributed by atoms with Gasteiger partial charge in [0.25, 0.3) is 11.8 Å². The lowest BCUT2D eigenvalue weighted by Gasteiger charge is -2.28. The van der Waals surface area contributed by atoms with Crippen molar-refractivity contribution in [1.29, 1.82) is 0 Å². The maximum Gasteiger partial charge on any atom is 0.272 e. The quantitative estimate of drug-likeness (QED) is 0.446. The minimum atomic E-state index is -0.949. The van der Waals surface area contributed by atoms with Crippen molar-refractivity contribution in [1.82, 2.24) is 20.6 Å². The second-order valence-corrected chi connectivity index (χ2v) is 8.62. The van der Waals surface area contributed by atoms with Crippen molar-refractivity contribution >= 4 is 35.0 Å². The van der Waals surface area contributed by atoms with Crippen LogP contribution in [0.15, 0.2) is 18.5 Å². The first kappa shape index (κ1) is 25.6. The summed E-state index contributed by atoms with van der Waals surface area (Å²) in [7, 11) is 1.52. The molecule has 0 aliphatic heterocycles. The van der Waals surface area contributed by atoms with Crippen molar-refractivity contribution in [2.24, 2.45) is 5.92 Å². The summed E-state index contributed by atoms with van der Waals surface area (Å²) in [6.07, 6.45) is 3.16. The molecule has 1 aromatic heterocycles. The summed E-state index contributed by atoms with van der Waals surface area (Å²) in [5.41, 5.74) is -0.234. The van der Waals surface area contributed by atoms with Gasteiger partial charge in [-0.2, -0.15) is 0 Å². The summed E-state index contributed by atoms with van der Waals surface area (Å²) in [6, 6.07) is 1.10. The molecule has 34 heavy (non-hydrogen) atoms. The Balaban J connectivity index is 1.53. The van der Waals surface area contributed by atoms with Gasteiger partial charge in [0.15, 0.2) is 11.5 Å². The van der Waals surface area contributed by atoms with Gasteiger partial charge in [-0.3, -0.25) is 14.4 Å². The van der Waals surface area contributed by atoms with Gasteiger partial charge in [0, 0.05) is 31.2 Å². The molecule has 0 radical (unpaired) electrons. The van der Waals surface area contributed by atoms with Crippen molar-refractivity contribution in [2.75, 3.05) is 19.0 Å². The van der Waals surface area contributed by atoms with E-state index in [4.69, 9.17) is 16.3 Å². The van der Waals surface area contributed by atoms with Crippen LogP contribution in [0.3, 0.4) is 0 Å². The average molecular weight is 498 g/mol. The predicted molar refractivity (Wildman–Crippen MR) is 121 cm³/mol. The molecule has 1 atom stereocenters. The number of imidazole rings is 1. The Labute approximate surface area is 200 Å². The van der Waals surface area contributed by atoms with E-state index in [0.717, 1.165) is 6.07 Å². The summed E-state index contributed by atoms with van der Waals surface area (Å²) in [6.45, 7) is 2.09. The SMILES string of the molecule is COC[C@H](C)NC(=O)c1[nH]cnc1C(=O)NC1CCC(C(=O)Nc2c(F)cc(F)cc2Cl)CC1. The van der Waals surface area contributed by atoms with Crippen molar-refractivity contribution < 1.29 is 27.9 Å². The molecule has 0 unspecified atom stereocenters. The number of hydrogen-bond donors (Lipinski definition) is 4. The zero-order chi connectivity index (χ0) is 24.8. The van der Waals surface area contributed by atoms with E-state index in [0.29, 0.717) is 38.4 Å². The van der Waals surface area contributed by atoms with Gasteiger partial charge in [0.05, 0.1) is 23.6 Å². The first-order chi connectivity index (χ1) is 16.2. The van der Waals surface area contributed by atoms with E-state index in [2.05, 4.69) is 25.9 Å². The molecule has 1 fully saturated rings. The van der Waals surface area contributed by atoms with Crippen LogP contribution in [-0.4, -0.2) is 53.5 Å². The maximum absolute atomic E-state index is 13.9. The Morgan fingerprint density at radius 2 is 1.91 bits per heavy atom. The molecule has 9 nitrogen and oxygen atoms in total. The Kier molecular flexibility index (Phi) is 8.56. The topological polar surface area (TPSA) is 125 Å². The predicted octanol–water partition coefficient (Wildman–Crippen LogP) is 3.03. The third kappa shape index (κ3) is 6.29. The third-order valence-corrected chi connectivity index (χ3v) is 5.86. The maximum atomic E-state index is 13.9. The van der Waals surface area contributed by atoms with Crippen LogP contribution in [0.4, 0.5) is 14.5 Å². The standard InChI is InChI=1S/C22H26ClF2N5O4/c1-11(9-34-2)28-21(32)18-19(27-10-26-18)22(33)29-14-5-3-12(4-6-14)20(31)30-17-15(23)7-13(24)8-16(17)25/h7-8,10-12,14H,3-6,9H2,1-2H3,(H,26,27)(H,28,32)(H,29,33)(H,30,31)/t11-,12?,14?/m0/s1. The lowest BCUT2D eigenvalue weighted by atomic mass is 9.85. The van der Waals surface area contributed by atoms with E-state index in [1.165, 1.54) is 13.4 Å². The first-order valence-electron chi connectivity index (χ1n) is 10.8. The minimum absolute atomic E-state index is 0.0246. The number of ether oxygens (including phenoxy) is 1. The van der Waals surface area contributed by atoms with E-state index >= 15 is 0 Å². The number of benzene rings is 1. The molecule has 1 heterocycles. The summed E-state index contributed by atoms with van der Waals surface area (Å²) in [5, 5.41) is 7.77. The molecular formula is C22H26ClF2N5O4. The molecule has 1 aromatic carbocycles. The average Bonchev–Trinajstić information content (AvgIpc) is 3.27. The number of methoxy groups -OCH3 is 1. The Bertz CT molecular complexity index is 1030. The monoisotopic (exact) mass is 497 g/mol. The van der Waals surface area contributed by atoms with E-state index in [9.17, 15) is 23.2 Å². The normalized spacial score (nSPS) is 18.7. The van der Waals surface area contributed by atoms with Gasteiger partial charge < -0.3 is 25.7 Å². The van der Waals surface area contributed by atoms with Gasteiger partial charge in [-0.1, -0.05) is 11.6 Å². The van der Waals surface area contributed by atoms with Gasteiger partial charge in [-0.25, -0.2) is 13.8 Å². The molecule has 1 aliphatic carbocycles. The van der Waals surface area contributed by atoms with E-state index in [1.807, 2.05) is 0 Å². The Hall–Kier alpha value is -3.05. The van der Waals surface area contributed by atoms with Crippen LogP contribution in [0.5, 0.6) is 0 Å². The number of nitrogens with zero attached hydrogens (tertiary/aromatic N) is 1. The molecule has 2 aromatic rings. The molecule has 0 spiro atoms. The number of H-pyrrole nitrogens is 1. The fourth-order valence-electron chi connectivity index (χ4n) is 3.87. The molecule has 3 amide bonds. The number of anilines is 1. The number of nitrogens with one attached hydrogen (secondary N) is 4. The number of rotatable bonds is 8. The van der Waals surface area contributed by atoms with Crippen molar-refractivity contribution in [3.05, 3.63) is 46.5 Å². The number of aromatic nitrogens is 2. The van der Waals surface area contributed by atoms with Crippen LogP contribution in [-0.2, 0) is 9.53 Å². The summed E-state index contributed by atoms with van der Waals surface area (Å²) in [4.78, 5) is 44.3. The van der Waals surface area contributed by atoms with Gasteiger partial charge in [0.2, 0.25) is 5.91 Å². The molecule has 4 N–H and O–H groups in total. The molecule has 12 heteroatoms. The summed E-state index contributed by atoms with van der Waals surface area (Å²) in [5.74, 6) is -3.59. The van der Waals surface area contributed by atoms with Crippen LogP contribution in [0.2, 0.25) is 5.02 Å². The lowest BCUT2D eigenvalue weighted by Crippen LogP contribution is -2.41. The molecule has 0 saturated heterocycles. The lowest BCUT2D eigenvalue weighted by molar-refractivity contribution is -0.120. The zero-order valence-corrected chi connectivity index (χ0v) is 19.5. The number of carbonyl (C=O) groups is 3. The van der Waals surface area contributed by atoms with Gasteiger partial charge >= 0.3 is 0 Å². The highest BCUT2D eigenvalue weighted by molar-refractivity contribution is 6.33. The molecule has 184 valence electrons. The molecule has 1 aliphatic rings.